The molecule has 6 nitrogen and oxygen atoms in total. The van der Waals surface area contributed by atoms with Gasteiger partial charge in [-0.25, -0.2) is 0 Å². The number of likely N-dealkylation sites (N-methyl/N-ethyl adjacent to an activating group) is 1. The van der Waals surface area contributed by atoms with Gasteiger partial charge in [0.05, 0.1) is 0 Å². The molecule has 2 aliphatic heterocycles. The van der Waals surface area contributed by atoms with Gasteiger partial charge in [-0.05, 0) is 39.2 Å². The van der Waals surface area contributed by atoms with E-state index in [0.29, 0.717) is 0 Å². The summed E-state index contributed by atoms with van der Waals surface area (Å²) in [7, 11) is 2.14. The number of aryl methyl sites for hydroxylation is 1. The average molecular weight is 294 g/mol. The van der Waals surface area contributed by atoms with Crippen LogP contribution in [0.1, 0.15) is 37.0 Å². The van der Waals surface area contributed by atoms with Crippen molar-refractivity contribution < 1.29 is 9.26 Å². The van der Waals surface area contributed by atoms with Crippen molar-refractivity contribution in [3.8, 4) is 0 Å². The van der Waals surface area contributed by atoms with E-state index >= 15 is 0 Å². The fourth-order valence-corrected chi connectivity index (χ4v) is 3.33. The summed E-state index contributed by atoms with van der Waals surface area (Å²) in [5.74, 6) is 2.24. The molecule has 21 heavy (non-hydrogen) atoms. The van der Waals surface area contributed by atoms with Crippen LogP contribution >= 0.6 is 0 Å². The van der Waals surface area contributed by atoms with Crippen LogP contribution in [0.2, 0.25) is 0 Å². The first-order chi connectivity index (χ1) is 10.2. The molecule has 0 radical (unpaired) electrons. The molecule has 2 fully saturated rings. The van der Waals surface area contributed by atoms with Crippen molar-refractivity contribution >= 4 is 0 Å². The Morgan fingerprint density at radius 3 is 2.95 bits per heavy atom. The van der Waals surface area contributed by atoms with E-state index in [0.717, 1.165) is 50.5 Å². The first-order valence-corrected chi connectivity index (χ1v) is 8.03. The summed E-state index contributed by atoms with van der Waals surface area (Å²) in [6.07, 6.45) is 3.68. The van der Waals surface area contributed by atoms with Crippen molar-refractivity contribution in [2.75, 3.05) is 46.4 Å². The van der Waals surface area contributed by atoms with E-state index in [-0.39, 0.29) is 6.04 Å². The van der Waals surface area contributed by atoms with Crippen molar-refractivity contribution in [1.29, 1.82) is 0 Å². The molecule has 0 saturated carbocycles. The van der Waals surface area contributed by atoms with Gasteiger partial charge >= 0.3 is 0 Å². The van der Waals surface area contributed by atoms with Crippen LogP contribution in [0.15, 0.2) is 4.52 Å². The zero-order valence-corrected chi connectivity index (χ0v) is 13.1. The summed E-state index contributed by atoms with van der Waals surface area (Å²) in [5, 5.41) is 3.93. The number of aromatic nitrogens is 2. The minimum Gasteiger partial charge on any atom is -0.381 e. The lowest BCUT2D eigenvalue weighted by Gasteiger charge is -2.38. The number of nitrogens with zero attached hydrogens (tertiary/aromatic N) is 4. The first kappa shape index (κ1) is 14.9. The van der Waals surface area contributed by atoms with Crippen LogP contribution in [0.25, 0.3) is 0 Å². The van der Waals surface area contributed by atoms with Gasteiger partial charge in [0.1, 0.15) is 6.04 Å². The number of hydrogen-bond donors (Lipinski definition) is 0. The third kappa shape index (κ3) is 3.81. The van der Waals surface area contributed by atoms with Gasteiger partial charge in [-0.2, -0.15) is 4.98 Å². The van der Waals surface area contributed by atoms with Crippen molar-refractivity contribution in [1.82, 2.24) is 19.9 Å². The highest BCUT2D eigenvalue weighted by atomic mass is 16.5. The second kappa shape index (κ2) is 6.85. The molecule has 2 atom stereocenters. The zero-order chi connectivity index (χ0) is 14.7. The van der Waals surface area contributed by atoms with Crippen LogP contribution in [0.3, 0.4) is 0 Å². The normalized spacial score (nSPS) is 29.4. The van der Waals surface area contributed by atoms with Crippen LogP contribution < -0.4 is 0 Å². The molecule has 3 heterocycles. The smallest absolute Gasteiger partial charge is 0.245 e. The zero-order valence-electron chi connectivity index (χ0n) is 13.1. The summed E-state index contributed by atoms with van der Waals surface area (Å²) in [6, 6.07) is 0.224. The number of rotatable bonds is 3. The van der Waals surface area contributed by atoms with Crippen molar-refractivity contribution in [3.63, 3.8) is 0 Å². The summed E-state index contributed by atoms with van der Waals surface area (Å²) in [4.78, 5) is 9.29. The molecule has 0 aromatic carbocycles. The SMILES string of the molecule is Cc1noc(C2CN(CC3CCCOCC3)CCN2C)n1. The molecular formula is C15H26N4O2. The average Bonchev–Trinajstić information content (AvgIpc) is 2.74. The van der Waals surface area contributed by atoms with Crippen LogP contribution in [0.5, 0.6) is 0 Å². The van der Waals surface area contributed by atoms with Crippen molar-refractivity contribution in [2.45, 2.75) is 32.2 Å². The Hall–Kier alpha value is -0.980. The van der Waals surface area contributed by atoms with E-state index in [1.807, 2.05) is 6.92 Å². The predicted molar refractivity (Wildman–Crippen MR) is 79.0 cm³/mol. The van der Waals surface area contributed by atoms with E-state index in [1.54, 1.807) is 0 Å². The minimum atomic E-state index is 0.224. The van der Waals surface area contributed by atoms with Crippen LogP contribution in [0, 0.1) is 12.8 Å². The van der Waals surface area contributed by atoms with Gasteiger partial charge in [0, 0.05) is 39.4 Å². The van der Waals surface area contributed by atoms with E-state index in [2.05, 4.69) is 27.0 Å². The van der Waals surface area contributed by atoms with Crippen LogP contribution in [-0.2, 0) is 4.74 Å². The standard InChI is InChI=1S/C15H26N4O2/c1-12-16-15(21-17-12)14-11-19(7-6-18(14)2)10-13-4-3-8-20-9-5-13/h13-14H,3-11H2,1-2H3. The molecule has 2 unspecified atom stereocenters. The Morgan fingerprint density at radius 1 is 1.24 bits per heavy atom. The summed E-state index contributed by atoms with van der Waals surface area (Å²) in [5.41, 5.74) is 0. The molecule has 3 rings (SSSR count). The van der Waals surface area contributed by atoms with Crippen molar-refractivity contribution in [3.05, 3.63) is 11.7 Å². The summed E-state index contributed by atoms with van der Waals surface area (Å²) >= 11 is 0. The van der Waals surface area contributed by atoms with Gasteiger partial charge < -0.3 is 9.26 Å². The third-order valence-corrected chi connectivity index (χ3v) is 4.65. The number of hydrogen-bond acceptors (Lipinski definition) is 6. The second-order valence-electron chi connectivity index (χ2n) is 6.35. The molecule has 0 aliphatic carbocycles. The quantitative estimate of drug-likeness (QED) is 0.842. The maximum Gasteiger partial charge on any atom is 0.245 e. The monoisotopic (exact) mass is 294 g/mol. The molecule has 0 N–H and O–H groups in total. The summed E-state index contributed by atoms with van der Waals surface area (Å²) < 4.78 is 10.9. The lowest BCUT2D eigenvalue weighted by molar-refractivity contribution is 0.0629. The topological polar surface area (TPSA) is 54.6 Å². The van der Waals surface area contributed by atoms with E-state index < -0.39 is 0 Å². The van der Waals surface area contributed by atoms with Gasteiger partial charge in [0.2, 0.25) is 5.89 Å². The molecule has 6 heteroatoms. The third-order valence-electron chi connectivity index (χ3n) is 4.65. The number of piperazine rings is 1. The van der Waals surface area contributed by atoms with Gasteiger partial charge in [-0.15, -0.1) is 0 Å². The molecule has 2 saturated heterocycles. The Morgan fingerprint density at radius 2 is 2.14 bits per heavy atom. The summed E-state index contributed by atoms with van der Waals surface area (Å²) in [6.45, 7) is 8.05. The van der Waals surface area contributed by atoms with Gasteiger partial charge in [0.15, 0.2) is 5.82 Å². The predicted octanol–water partition coefficient (Wildman–Crippen LogP) is 1.48. The molecule has 2 aliphatic rings. The fraction of sp³-hybridized carbons (Fsp3) is 0.867. The van der Waals surface area contributed by atoms with E-state index in [9.17, 15) is 0 Å². The highest BCUT2D eigenvalue weighted by Gasteiger charge is 2.30. The molecule has 0 amide bonds. The molecule has 0 spiro atoms. The maximum absolute atomic E-state index is 5.56. The number of ether oxygens (including phenoxy) is 1. The Balaban J connectivity index is 1.59. The van der Waals surface area contributed by atoms with E-state index in [4.69, 9.17) is 9.26 Å². The second-order valence-corrected chi connectivity index (χ2v) is 6.35. The van der Waals surface area contributed by atoms with E-state index in [1.165, 1.54) is 25.8 Å². The van der Waals surface area contributed by atoms with Gasteiger partial charge in [-0.3, -0.25) is 9.80 Å². The van der Waals surface area contributed by atoms with Gasteiger partial charge in [0.25, 0.3) is 0 Å². The van der Waals surface area contributed by atoms with Crippen molar-refractivity contribution in [2.24, 2.45) is 5.92 Å². The Bertz CT molecular complexity index is 443. The highest BCUT2D eigenvalue weighted by molar-refractivity contribution is 4.96. The minimum absolute atomic E-state index is 0.224. The Kier molecular flexibility index (Phi) is 4.87. The molecule has 1 aromatic rings. The Labute approximate surface area is 126 Å². The lowest BCUT2D eigenvalue weighted by atomic mass is 9.99. The highest BCUT2D eigenvalue weighted by Crippen LogP contribution is 2.25. The lowest BCUT2D eigenvalue weighted by Crippen LogP contribution is -2.48. The largest absolute Gasteiger partial charge is 0.381 e. The van der Waals surface area contributed by atoms with Crippen LogP contribution in [-0.4, -0.2) is 66.4 Å². The maximum atomic E-state index is 5.56. The molecule has 1 aromatic heterocycles. The van der Waals surface area contributed by atoms with Gasteiger partial charge in [-0.1, -0.05) is 5.16 Å². The fourth-order valence-electron chi connectivity index (χ4n) is 3.33. The molecule has 118 valence electrons. The molecule has 0 bridgehead atoms. The first-order valence-electron chi connectivity index (χ1n) is 8.03. The van der Waals surface area contributed by atoms with Crippen LogP contribution in [0.4, 0.5) is 0 Å². The molecular weight excluding hydrogens is 268 g/mol.